The smallest absolute Gasteiger partial charge is 0.231 e. The van der Waals surface area contributed by atoms with Crippen molar-refractivity contribution in [2.45, 2.75) is 6.42 Å². The summed E-state index contributed by atoms with van der Waals surface area (Å²) in [7, 11) is -1.49. The zero-order valence-electron chi connectivity index (χ0n) is 12.4. The van der Waals surface area contributed by atoms with E-state index in [0.717, 1.165) is 41.4 Å². The van der Waals surface area contributed by atoms with E-state index in [9.17, 15) is 8.42 Å². The van der Waals surface area contributed by atoms with E-state index in [4.69, 9.17) is 5.14 Å². The summed E-state index contributed by atoms with van der Waals surface area (Å²) in [5, 5.41) is 7.13. The molecule has 2 aromatic rings. The normalized spacial score (nSPS) is 17.3. The van der Waals surface area contributed by atoms with Crippen molar-refractivity contribution in [3.8, 4) is 0 Å². The maximum absolute atomic E-state index is 11.0. The summed E-state index contributed by atoms with van der Waals surface area (Å²) < 4.78 is 22.1. The first-order valence-electron chi connectivity index (χ1n) is 7.12. The lowest BCUT2D eigenvalue weighted by molar-refractivity contribution is 0.370. The van der Waals surface area contributed by atoms with Crippen LogP contribution in [0.3, 0.4) is 0 Å². The lowest BCUT2D eigenvalue weighted by Gasteiger charge is -2.21. The molecule has 1 aromatic heterocycles. The fourth-order valence-electron chi connectivity index (χ4n) is 2.70. The topological polar surface area (TPSA) is 79.2 Å². The molecule has 6 heteroatoms. The summed E-state index contributed by atoms with van der Waals surface area (Å²) in [4.78, 5) is 5.55. The third kappa shape index (κ3) is 3.30. The van der Waals surface area contributed by atoms with Crippen LogP contribution in [0, 0.1) is 0 Å². The van der Waals surface area contributed by atoms with Crippen molar-refractivity contribution >= 4 is 32.6 Å². The van der Waals surface area contributed by atoms with Gasteiger partial charge >= 0.3 is 0 Å². The summed E-state index contributed by atoms with van der Waals surface area (Å²) in [6.07, 6.45) is 6.81. The van der Waals surface area contributed by atoms with Crippen LogP contribution in [-0.4, -0.2) is 38.4 Å². The number of hydrogen-bond acceptors (Lipinski definition) is 3. The number of nitrogens with two attached hydrogens (primary N) is 1. The highest BCUT2D eigenvalue weighted by Gasteiger charge is 2.13. The minimum absolute atomic E-state index is 0.816. The molecule has 1 aliphatic rings. The van der Waals surface area contributed by atoms with Crippen molar-refractivity contribution in [1.29, 1.82) is 0 Å². The van der Waals surface area contributed by atoms with Gasteiger partial charge in [-0.2, -0.15) is 0 Å². The molecule has 1 aliphatic heterocycles. The molecule has 5 nitrogen and oxygen atoms in total. The average molecular weight is 317 g/mol. The van der Waals surface area contributed by atoms with Crippen LogP contribution in [0.25, 0.3) is 22.6 Å². The monoisotopic (exact) mass is 317 g/mol. The van der Waals surface area contributed by atoms with Crippen molar-refractivity contribution in [3.05, 3.63) is 47.0 Å². The molecule has 0 atom stereocenters. The molecule has 2 heterocycles. The Hall–Kier alpha value is -1.89. The number of benzene rings is 1. The third-order valence-corrected chi connectivity index (χ3v) is 4.43. The molecule has 0 saturated carbocycles. The van der Waals surface area contributed by atoms with E-state index in [-0.39, 0.29) is 0 Å². The predicted molar refractivity (Wildman–Crippen MR) is 90.5 cm³/mol. The number of fused-ring (bicyclic) bond motifs is 1. The van der Waals surface area contributed by atoms with E-state index < -0.39 is 10.0 Å². The molecule has 0 fully saturated rings. The largest absolute Gasteiger partial charge is 0.361 e. The number of aromatic nitrogens is 1. The highest BCUT2D eigenvalue weighted by Crippen LogP contribution is 2.29. The second-order valence-corrected chi connectivity index (χ2v) is 7.09. The van der Waals surface area contributed by atoms with Gasteiger partial charge < -0.3 is 9.88 Å². The van der Waals surface area contributed by atoms with Crippen LogP contribution in [0.5, 0.6) is 0 Å². The summed E-state index contributed by atoms with van der Waals surface area (Å²) in [5.41, 5.74) is 4.38. The van der Waals surface area contributed by atoms with Crippen molar-refractivity contribution in [2.75, 3.05) is 20.1 Å². The molecule has 3 rings (SSSR count). The van der Waals surface area contributed by atoms with Crippen LogP contribution in [0.2, 0.25) is 0 Å². The average Bonchev–Trinajstić information content (AvgIpc) is 2.88. The van der Waals surface area contributed by atoms with Gasteiger partial charge in [0.25, 0.3) is 0 Å². The van der Waals surface area contributed by atoms with Crippen LogP contribution in [0.15, 0.2) is 35.9 Å². The Balaban J connectivity index is 2.01. The zero-order valence-corrected chi connectivity index (χ0v) is 13.2. The van der Waals surface area contributed by atoms with Crippen molar-refractivity contribution in [1.82, 2.24) is 9.88 Å². The fraction of sp³-hybridized carbons (Fsp3) is 0.250. The van der Waals surface area contributed by atoms with Gasteiger partial charge in [-0.15, -0.1) is 0 Å². The minimum Gasteiger partial charge on any atom is -0.361 e. The molecule has 3 N–H and O–H groups in total. The number of H-pyrrole nitrogens is 1. The van der Waals surface area contributed by atoms with Gasteiger partial charge in [0.2, 0.25) is 10.0 Å². The van der Waals surface area contributed by atoms with E-state index in [1.165, 1.54) is 17.2 Å². The van der Waals surface area contributed by atoms with E-state index in [0.29, 0.717) is 0 Å². The number of primary sulfonamides is 1. The molecule has 1 aromatic carbocycles. The van der Waals surface area contributed by atoms with Gasteiger partial charge in [0, 0.05) is 41.2 Å². The quantitative estimate of drug-likeness (QED) is 0.910. The summed E-state index contributed by atoms with van der Waals surface area (Å²) in [5.74, 6) is 0. The van der Waals surface area contributed by atoms with Crippen LogP contribution >= 0.6 is 0 Å². The minimum atomic E-state index is -3.60. The Labute approximate surface area is 130 Å². The Morgan fingerprint density at radius 1 is 1.36 bits per heavy atom. The Morgan fingerprint density at radius 2 is 2.18 bits per heavy atom. The fourth-order valence-corrected chi connectivity index (χ4v) is 3.04. The third-order valence-electron chi connectivity index (χ3n) is 3.91. The first kappa shape index (κ1) is 15.0. The Morgan fingerprint density at radius 3 is 2.86 bits per heavy atom. The van der Waals surface area contributed by atoms with Crippen LogP contribution < -0.4 is 5.14 Å². The molecule has 0 aliphatic carbocycles. The molecule has 0 bridgehead atoms. The van der Waals surface area contributed by atoms with E-state index in [1.54, 1.807) is 0 Å². The molecule has 0 amide bonds. The van der Waals surface area contributed by atoms with Gasteiger partial charge in [0.05, 0.1) is 0 Å². The molecular formula is C16H19N3O2S. The molecule has 22 heavy (non-hydrogen) atoms. The number of hydrogen-bond donors (Lipinski definition) is 2. The standard InChI is InChI=1S/C16H19N3O2S/c1-19-7-4-13(5-8-19)15-11-18-16-3-2-12(10-14(15)16)6-9-22(17,20)21/h2-4,6,9-11,18H,5,7-8H2,1H3,(H2,17,20,21). The second-order valence-electron chi connectivity index (χ2n) is 5.64. The number of rotatable bonds is 3. The molecule has 0 radical (unpaired) electrons. The van der Waals surface area contributed by atoms with Crippen LogP contribution in [0.1, 0.15) is 17.5 Å². The number of aromatic amines is 1. The Bertz CT molecular complexity index is 863. The Kier molecular flexibility index (Phi) is 3.90. The van der Waals surface area contributed by atoms with Crippen LogP contribution in [0.4, 0.5) is 0 Å². The maximum Gasteiger partial charge on any atom is 0.231 e. The SMILES string of the molecule is CN1CC=C(c2c[nH]c3ccc(C=CS(N)(=O)=O)cc23)CC1. The molecular weight excluding hydrogens is 298 g/mol. The lowest BCUT2D eigenvalue weighted by Crippen LogP contribution is -2.23. The highest BCUT2D eigenvalue weighted by molar-refractivity contribution is 7.92. The molecule has 116 valence electrons. The summed E-state index contributed by atoms with van der Waals surface area (Å²) in [6.45, 7) is 2.00. The van der Waals surface area contributed by atoms with Crippen molar-refractivity contribution < 1.29 is 8.42 Å². The van der Waals surface area contributed by atoms with Gasteiger partial charge in [-0.3, -0.25) is 0 Å². The first-order valence-corrected chi connectivity index (χ1v) is 8.73. The second kappa shape index (κ2) is 5.72. The maximum atomic E-state index is 11.0. The molecule has 0 spiro atoms. The van der Waals surface area contributed by atoms with Crippen molar-refractivity contribution in [2.24, 2.45) is 5.14 Å². The summed E-state index contributed by atoms with van der Waals surface area (Å²) in [6, 6.07) is 5.81. The summed E-state index contributed by atoms with van der Waals surface area (Å²) >= 11 is 0. The molecule has 0 unspecified atom stereocenters. The molecule has 0 saturated heterocycles. The van der Waals surface area contributed by atoms with Gasteiger partial charge in [-0.1, -0.05) is 12.1 Å². The predicted octanol–water partition coefficient (Wildman–Crippen LogP) is 2.15. The van der Waals surface area contributed by atoms with E-state index in [2.05, 4.69) is 23.0 Å². The van der Waals surface area contributed by atoms with E-state index >= 15 is 0 Å². The van der Waals surface area contributed by atoms with Crippen LogP contribution in [-0.2, 0) is 10.0 Å². The van der Waals surface area contributed by atoms with Gasteiger partial charge in [-0.05, 0) is 42.8 Å². The number of likely N-dealkylation sites (N-methyl/N-ethyl adjacent to an activating group) is 1. The van der Waals surface area contributed by atoms with E-state index in [1.807, 2.05) is 24.4 Å². The van der Waals surface area contributed by atoms with Gasteiger partial charge in [-0.25, -0.2) is 13.6 Å². The first-order chi connectivity index (χ1) is 10.4. The zero-order chi connectivity index (χ0) is 15.7. The van der Waals surface area contributed by atoms with Gasteiger partial charge in [0.1, 0.15) is 0 Å². The lowest BCUT2D eigenvalue weighted by atomic mass is 9.98. The number of nitrogens with one attached hydrogen (secondary N) is 1. The highest BCUT2D eigenvalue weighted by atomic mass is 32.2. The van der Waals surface area contributed by atoms with Crippen molar-refractivity contribution in [3.63, 3.8) is 0 Å². The van der Waals surface area contributed by atoms with Gasteiger partial charge in [0.15, 0.2) is 0 Å². The number of sulfonamides is 1. The number of nitrogens with zero attached hydrogens (tertiary/aromatic N) is 1.